The monoisotopic (exact) mass is 168 g/mol. The summed E-state index contributed by atoms with van der Waals surface area (Å²) >= 11 is 0. The van der Waals surface area contributed by atoms with Gasteiger partial charge in [0.25, 0.3) is 0 Å². The molecule has 68 valence electrons. The molecule has 2 heteroatoms. The van der Waals surface area contributed by atoms with Gasteiger partial charge < -0.3 is 9.47 Å². The Labute approximate surface area is 74.2 Å². The summed E-state index contributed by atoms with van der Waals surface area (Å²) in [5.41, 5.74) is 0. The molecule has 0 N–H and O–H groups in total. The highest BCUT2D eigenvalue weighted by molar-refractivity contribution is 4.84. The molecule has 1 rings (SSSR count). The first kappa shape index (κ1) is 9.57. The maximum absolute atomic E-state index is 5.43. The molecule has 0 aromatic heterocycles. The van der Waals surface area contributed by atoms with Crippen LogP contribution in [0.25, 0.3) is 0 Å². The first-order chi connectivity index (χ1) is 5.86. The summed E-state index contributed by atoms with van der Waals surface area (Å²) in [5.74, 6) is 2.49. The molecule has 0 aliphatic heterocycles. The Hall–Kier alpha value is -0.520. The summed E-state index contributed by atoms with van der Waals surface area (Å²) in [6.45, 7) is 0.447. The van der Waals surface area contributed by atoms with Crippen LogP contribution < -0.4 is 0 Å². The highest BCUT2D eigenvalue weighted by Gasteiger charge is 2.20. The van der Waals surface area contributed by atoms with Crippen LogP contribution in [0.15, 0.2) is 0 Å². The van der Waals surface area contributed by atoms with Gasteiger partial charge in [0.15, 0.2) is 0 Å². The Bertz CT molecular complexity index is 152. The maximum atomic E-state index is 5.43. The van der Waals surface area contributed by atoms with Gasteiger partial charge in [-0.25, -0.2) is 0 Å². The molecule has 1 saturated carbocycles. The topological polar surface area (TPSA) is 18.5 Å². The minimum Gasteiger partial charge on any atom is -0.381 e. The van der Waals surface area contributed by atoms with Crippen molar-refractivity contribution < 1.29 is 9.47 Å². The van der Waals surface area contributed by atoms with E-state index in [4.69, 9.17) is 15.9 Å². The van der Waals surface area contributed by atoms with Gasteiger partial charge >= 0.3 is 0 Å². The zero-order valence-electron chi connectivity index (χ0n) is 7.58. The Morgan fingerprint density at radius 1 is 1.25 bits per heavy atom. The van der Waals surface area contributed by atoms with Crippen LogP contribution in [0.2, 0.25) is 0 Å². The van der Waals surface area contributed by atoms with Gasteiger partial charge in [0.1, 0.15) is 6.61 Å². The van der Waals surface area contributed by atoms with Crippen LogP contribution in [0.1, 0.15) is 25.7 Å². The number of terminal acetylenes is 1. The van der Waals surface area contributed by atoms with Crippen molar-refractivity contribution in [2.75, 3.05) is 13.7 Å². The quantitative estimate of drug-likeness (QED) is 0.596. The molecule has 1 fully saturated rings. The first-order valence-corrected chi connectivity index (χ1v) is 4.44. The van der Waals surface area contributed by atoms with Crippen molar-refractivity contribution >= 4 is 0 Å². The average molecular weight is 168 g/mol. The maximum Gasteiger partial charge on any atom is 0.107 e. The zero-order valence-corrected chi connectivity index (χ0v) is 7.58. The van der Waals surface area contributed by atoms with Gasteiger partial charge in [-0.05, 0) is 25.7 Å². The molecule has 0 bridgehead atoms. The fraction of sp³-hybridized carbons (Fsp3) is 0.800. The lowest BCUT2D eigenvalue weighted by Crippen LogP contribution is -2.25. The minimum absolute atomic E-state index is 0.368. The standard InChI is InChI=1S/C10H16O2/c1-3-8-12-10-6-4-9(11-2)5-7-10/h1,9-10H,4-8H2,2H3. The predicted molar refractivity (Wildman–Crippen MR) is 47.8 cm³/mol. The van der Waals surface area contributed by atoms with Crippen molar-refractivity contribution in [3.05, 3.63) is 0 Å². The van der Waals surface area contributed by atoms with E-state index < -0.39 is 0 Å². The molecule has 0 spiro atoms. The Morgan fingerprint density at radius 3 is 2.33 bits per heavy atom. The SMILES string of the molecule is C#CCOC1CCC(OC)CC1. The van der Waals surface area contributed by atoms with Crippen LogP contribution in [-0.2, 0) is 9.47 Å². The third-order valence-corrected chi connectivity index (χ3v) is 2.36. The number of hydrogen-bond acceptors (Lipinski definition) is 2. The summed E-state index contributed by atoms with van der Waals surface area (Å²) in [5, 5.41) is 0. The van der Waals surface area contributed by atoms with Crippen molar-refractivity contribution in [2.24, 2.45) is 0 Å². The highest BCUT2D eigenvalue weighted by Crippen LogP contribution is 2.22. The number of ether oxygens (including phenoxy) is 2. The van der Waals surface area contributed by atoms with Gasteiger partial charge in [0, 0.05) is 7.11 Å². The van der Waals surface area contributed by atoms with Gasteiger partial charge in [-0.1, -0.05) is 5.92 Å². The molecular formula is C10H16O2. The third-order valence-electron chi connectivity index (χ3n) is 2.36. The smallest absolute Gasteiger partial charge is 0.107 e. The van der Waals surface area contributed by atoms with Crippen LogP contribution in [-0.4, -0.2) is 25.9 Å². The van der Waals surface area contributed by atoms with Crippen molar-refractivity contribution in [3.8, 4) is 12.3 Å². The summed E-state index contributed by atoms with van der Waals surface area (Å²) in [6.07, 6.45) is 10.3. The Balaban J connectivity index is 2.14. The van der Waals surface area contributed by atoms with Crippen LogP contribution in [0, 0.1) is 12.3 Å². The van der Waals surface area contributed by atoms with Gasteiger partial charge in [-0.3, -0.25) is 0 Å². The van der Waals surface area contributed by atoms with E-state index in [1.807, 2.05) is 0 Å². The molecule has 0 radical (unpaired) electrons. The van der Waals surface area contributed by atoms with Gasteiger partial charge in [-0.2, -0.15) is 0 Å². The van der Waals surface area contributed by atoms with Gasteiger partial charge in [-0.15, -0.1) is 6.42 Å². The fourth-order valence-electron chi connectivity index (χ4n) is 1.60. The van der Waals surface area contributed by atoms with E-state index in [2.05, 4.69) is 5.92 Å². The van der Waals surface area contributed by atoms with Crippen molar-refractivity contribution in [1.29, 1.82) is 0 Å². The molecule has 12 heavy (non-hydrogen) atoms. The van der Waals surface area contributed by atoms with Crippen LogP contribution in [0.3, 0.4) is 0 Å². The van der Waals surface area contributed by atoms with Gasteiger partial charge in [0.05, 0.1) is 12.2 Å². The average Bonchev–Trinajstić information content (AvgIpc) is 2.15. The van der Waals surface area contributed by atoms with Crippen LogP contribution >= 0.6 is 0 Å². The van der Waals surface area contributed by atoms with Crippen molar-refractivity contribution in [2.45, 2.75) is 37.9 Å². The van der Waals surface area contributed by atoms with E-state index in [0.29, 0.717) is 18.8 Å². The van der Waals surface area contributed by atoms with Crippen molar-refractivity contribution in [3.63, 3.8) is 0 Å². The Kier molecular flexibility index (Phi) is 4.13. The molecule has 0 aromatic carbocycles. The lowest BCUT2D eigenvalue weighted by Gasteiger charge is -2.26. The zero-order chi connectivity index (χ0) is 8.81. The highest BCUT2D eigenvalue weighted by atomic mass is 16.5. The minimum atomic E-state index is 0.368. The first-order valence-electron chi connectivity index (χ1n) is 4.44. The lowest BCUT2D eigenvalue weighted by molar-refractivity contribution is -0.00527. The lowest BCUT2D eigenvalue weighted by atomic mass is 9.95. The summed E-state index contributed by atoms with van der Waals surface area (Å²) in [4.78, 5) is 0. The largest absolute Gasteiger partial charge is 0.381 e. The summed E-state index contributed by atoms with van der Waals surface area (Å²) in [6, 6.07) is 0. The molecule has 0 atom stereocenters. The van der Waals surface area contributed by atoms with E-state index in [9.17, 15) is 0 Å². The molecule has 0 saturated heterocycles. The number of methoxy groups -OCH3 is 1. The molecule has 1 aliphatic carbocycles. The normalized spacial score (nSPS) is 29.7. The summed E-state index contributed by atoms with van der Waals surface area (Å²) in [7, 11) is 1.77. The summed E-state index contributed by atoms with van der Waals surface area (Å²) < 4.78 is 10.7. The fourth-order valence-corrected chi connectivity index (χ4v) is 1.60. The molecule has 2 nitrogen and oxygen atoms in total. The van der Waals surface area contributed by atoms with Gasteiger partial charge in [0.2, 0.25) is 0 Å². The second-order valence-electron chi connectivity index (χ2n) is 3.15. The molecule has 0 aromatic rings. The second kappa shape index (κ2) is 5.18. The predicted octanol–water partition coefficient (Wildman–Crippen LogP) is 1.59. The van der Waals surface area contributed by atoms with Crippen LogP contribution in [0.5, 0.6) is 0 Å². The number of rotatable bonds is 3. The van der Waals surface area contributed by atoms with E-state index in [1.165, 1.54) is 0 Å². The van der Waals surface area contributed by atoms with E-state index in [1.54, 1.807) is 7.11 Å². The van der Waals surface area contributed by atoms with Crippen molar-refractivity contribution in [1.82, 2.24) is 0 Å². The molecule has 0 heterocycles. The van der Waals surface area contributed by atoms with E-state index >= 15 is 0 Å². The second-order valence-corrected chi connectivity index (χ2v) is 3.15. The molecule has 1 aliphatic rings. The van der Waals surface area contributed by atoms with E-state index in [-0.39, 0.29) is 0 Å². The third kappa shape index (κ3) is 2.84. The molecule has 0 amide bonds. The molecule has 0 unspecified atom stereocenters. The Morgan fingerprint density at radius 2 is 1.83 bits per heavy atom. The van der Waals surface area contributed by atoms with Crippen LogP contribution in [0.4, 0.5) is 0 Å². The number of hydrogen-bond donors (Lipinski definition) is 0. The van der Waals surface area contributed by atoms with E-state index in [0.717, 1.165) is 25.7 Å². The molecular weight excluding hydrogens is 152 g/mol.